The van der Waals surface area contributed by atoms with Crippen LogP contribution in [0.3, 0.4) is 0 Å². The molecule has 1 fully saturated rings. The van der Waals surface area contributed by atoms with E-state index in [4.69, 9.17) is 9.47 Å². The zero-order valence-electron chi connectivity index (χ0n) is 15.9. The Labute approximate surface area is 163 Å². The third-order valence-electron chi connectivity index (χ3n) is 4.49. The number of likely N-dealkylation sites (tertiary alicyclic amines) is 1. The van der Waals surface area contributed by atoms with Crippen LogP contribution in [0.2, 0.25) is 0 Å². The minimum absolute atomic E-state index is 0.0844. The number of thiazole rings is 1. The molecule has 2 heterocycles. The minimum atomic E-state index is -0.0844. The molecular formula is C20H25N3O3S. The van der Waals surface area contributed by atoms with Crippen molar-refractivity contribution >= 4 is 28.5 Å². The highest BCUT2D eigenvalue weighted by molar-refractivity contribution is 7.15. The number of ether oxygens (including phenoxy) is 2. The van der Waals surface area contributed by atoms with Crippen molar-refractivity contribution in [1.82, 2.24) is 9.88 Å². The van der Waals surface area contributed by atoms with E-state index in [1.54, 1.807) is 25.6 Å². The highest BCUT2D eigenvalue weighted by Gasteiger charge is 2.16. The van der Waals surface area contributed by atoms with Crippen molar-refractivity contribution in [2.75, 3.05) is 32.6 Å². The van der Waals surface area contributed by atoms with Gasteiger partial charge in [-0.1, -0.05) is 17.7 Å². The summed E-state index contributed by atoms with van der Waals surface area (Å²) in [6, 6.07) is 6.01. The molecule has 1 saturated heterocycles. The van der Waals surface area contributed by atoms with Gasteiger partial charge >= 0.3 is 0 Å². The maximum absolute atomic E-state index is 11.1. The molecule has 0 saturated carbocycles. The van der Waals surface area contributed by atoms with Gasteiger partial charge in [0.1, 0.15) is 0 Å². The largest absolute Gasteiger partial charge is 0.493 e. The van der Waals surface area contributed by atoms with Crippen LogP contribution in [-0.2, 0) is 11.3 Å². The van der Waals surface area contributed by atoms with E-state index in [1.165, 1.54) is 17.4 Å². The summed E-state index contributed by atoms with van der Waals surface area (Å²) in [6.07, 6.45) is 6.20. The Morgan fingerprint density at radius 1 is 1.26 bits per heavy atom. The molecule has 0 bridgehead atoms. The van der Waals surface area contributed by atoms with Crippen LogP contribution in [0, 0.1) is 0 Å². The fraction of sp³-hybridized carbons (Fsp3) is 0.400. The number of anilines is 1. The first-order chi connectivity index (χ1) is 13.1. The minimum Gasteiger partial charge on any atom is -0.493 e. The second kappa shape index (κ2) is 9.01. The molecule has 1 N–H and O–H groups in total. The van der Waals surface area contributed by atoms with Gasteiger partial charge in [0.2, 0.25) is 5.91 Å². The summed E-state index contributed by atoms with van der Waals surface area (Å²) in [7, 11) is 3.30. The second-order valence-electron chi connectivity index (χ2n) is 6.51. The molecule has 27 heavy (non-hydrogen) atoms. The normalized spacial score (nSPS) is 14.7. The first-order valence-electron chi connectivity index (χ1n) is 8.93. The van der Waals surface area contributed by atoms with E-state index >= 15 is 0 Å². The van der Waals surface area contributed by atoms with Crippen LogP contribution in [0.25, 0.3) is 6.08 Å². The monoisotopic (exact) mass is 387 g/mol. The van der Waals surface area contributed by atoms with Crippen LogP contribution in [0.5, 0.6) is 11.5 Å². The average molecular weight is 388 g/mol. The Bertz CT molecular complexity index is 822. The Kier molecular flexibility index (Phi) is 6.47. The van der Waals surface area contributed by atoms with E-state index in [0.717, 1.165) is 49.5 Å². The zero-order valence-corrected chi connectivity index (χ0v) is 16.8. The lowest BCUT2D eigenvalue weighted by atomic mass is 10.0. The first kappa shape index (κ1) is 19.4. The van der Waals surface area contributed by atoms with Crippen LogP contribution in [0.15, 0.2) is 30.0 Å². The number of aromatic nitrogens is 1. The fourth-order valence-electron chi connectivity index (χ4n) is 3.13. The highest BCUT2D eigenvalue weighted by atomic mass is 32.1. The SMILES string of the molecule is COc1ccc(C=C2CCN(Cc3cnc(NC(C)=O)s3)CC2)cc1OC. The van der Waals surface area contributed by atoms with Gasteiger partial charge in [-0.2, -0.15) is 0 Å². The van der Waals surface area contributed by atoms with Gasteiger partial charge < -0.3 is 14.8 Å². The topological polar surface area (TPSA) is 63.7 Å². The van der Waals surface area contributed by atoms with Gasteiger partial charge in [-0.15, -0.1) is 11.3 Å². The number of nitrogens with zero attached hydrogens (tertiary/aromatic N) is 2. The number of rotatable bonds is 6. The molecule has 3 rings (SSSR count). The van der Waals surface area contributed by atoms with Crippen molar-refractivity contribution in [2.24, 2.45) is 0 Å². The van der Waals surface area contributed by atoms with Gasteiger partial charge in [0.05, 0.1) is 14.2 Å². The molecule has 1 aliphatic rings. The molecule has 7 heteroatoms. The lowest BCUT2D eigenvalue weighted by Crippen LogP contribution is -2.29. The number of amides is 1. The van der Waals surface area contributed by atoms with Crippen LogP contribution in [0.1, 0.15) is 30.2 Å². The number of methoxy groups -OCH3 is 2. The number of piperidine rings is 1. The maximum atomic E-state index is 11.1. The van der Waals surface area contributed by atoms with E-state index < -0.39 is 0 Å². The van der Waals surface area contributed by atoms with Gasteiger partial charge in [-0.25, -0.2) is 4.98 Å². The number of carbonyl (C=O) groups excluding carboxylic acids is 1. The van der Waals surface area contributed by atoms with Crippen molar-refractivity contribution < 1.29 is 14.3 Å². The number of carbonyl (C=O) groups is 1. The van der Waals surface area contributed by atoms with E-state index in [9.17, 15) is 4.79 Å². The number of hydrogen-bond donors (Lipinski definition) is 1. The number of benzene rings is 1. The molecule has 0 spiro atoms. The Morgan fingerprint density at radius 2 is 2.00 bits per heavy atom. The van der Waals surface area contributed by atoms with Crippen molar-refractivity contribution in [2.45, 2.75) is 26.3 Å². The summed E-state index contributed by atoms with van der Waals surface area (Å²) in [5.74, 6) is 1.42. The van der Waals surface area contributed by atoms with E-state index in [-0.39, 0.29) is 5.91 Å². The smallest absolute Gasteiger partial charge is 0.223 e. The van der Waals surface area contributed by atoms with Crippen LogP contribution < -0.4 is 14.8 Å². The maximum Gasteiger partial charge on any atom is 0.223 e. The van der Waals surface area contributed by atoms with Crippen LogP contribution >= 0.6 is 11.3 Å². The molecule has 1 amide bonds. The molecule has 0 atom stereocenters. The highest BCUT2D eigenvalue weighted by Crippen LogP contribution is 2.30. The summed E-state index contributed by atoms with van der Waals surface area (Å²) in [4.78, 5) is 18.9. The molecule has 1 aromatic carbocycles. The molecular weight excluding hydrogens is 362 g/mol. The molecule has 0 aliphatic carbocycles. The fourth-order valence-corrected chi connectivity index (χ4v) is 4.03. The molecule has 1 aliphatic heterocycles. The summed E-state index contributed by atoms with van der Waals surface area (Å²) in [6.45, 7) is 4.41. The van der Waals surface area contributed by atoms with Crippen molar-refractivity contribution in [1.29, 1.82) is 0 Å². The van der Waals surface area contributed by atoms with Crippen LogP contribution in [0.4, 0.5) is 5.13 Å². The van der Waals surface area contributed by atoms with Crippen molar-refractivity contribution in [3.63, 3.8) is 0 Å². The van der Waals surface area contributed by atoms with Gasteiger partial charge in [0.15, 0.2) is 16.6 Å². The predicted octanol–water partition coefficient (Wildman–Crippen LogP) is 3.80. The number of hydrogen-bond acceptors (Lipinski definition) is 6. The third kappa shape index (κ3) is 5.30. The summed E-state index contributed by atoms with van der Waals surface area (Å²) in [5, 5.41) is 3.41. The second-order valence-corrected chi connectivity index (χ2v) is 7.62. The lowest BCUT2D eigenvalue weighted by molar-refractivity contribution is -0.114. The molecule has 6 nitrogen and oxygen atoms in total. The Balaban J connectivity index is 1.56. The Morgan fingerprint density at radius 3 is 2.67 bits per heavy atom. The molecule has 0 radical (unpaired) electrons. The van der Waals surface area contributed by atoms with E-state index in [1.807, 2.05) is 18.3 Å². The molecule has 1 aromatic heterocycles. The summed E-state index contributed by atoms with van der Waals surface area (Å²) in [5.41, 5.74) is 2.58. The van der Waals surface area contributed by atoms with Crippen LogP contribution in [-0.4, -0.2) is 43.1 Å². The standard InChI is InChI=1S/C20H25N3O3S/c1-14(24)22-20-21-12-17(27-20)13-23-8-6-15(7-9-23)10-16-4-5-18(25-2)19(11-16)26-3/h4-5,10-12H,6-9,13H2,1-3H3,(H,21,22,24). The predicted molar refractivity (Wildman–Crippen MR) is 108 cm³/mol. The van der Waals surface area contributed by atoms with Crippen molar-refractivity contribution in [3.8, 4) is 11.5 Å². The van der Waals surface area contributed by atoms with Gasteiger partial charge in [0, 0.05) is 37.6 Å². The number of nitrogens with one attached hydrogen (secondary N) is 1. The molecule has 0 unspecified atom stereocenters. The van der Waals surface area contributed by atoms with Crippen molar-refractivity contribution in [3.05, 3.63) is 40.4 Å². The quantitative estimate of drug-likeness (QED) is 0.817. The van der Waals surface area contributed by atoms with E-state index in [2.05, 4.69) is 27.3 Å². The van der Waals surface area contributed by atoms with Gasteiger partial charge in [-0.3, -0.25) is 9.69 Å². The van der Waals surface area contributed by atoms with E-state index in [0.29, 0.717) is 5.13 Å². The summed E-state index contributed by atoms with van der Waals surface area (Å²) < 4.78 is 10.7. The lowest BCUT2D eigenvalue weighted by Gasteiger charge is -2.27. The average Bonchev–Trinajstić information content (AvgIpc) is 3.09. The summed E-state index contributed by atoms with van der Waals surface area (Å²) >= 11 is 1.54. The zero-order chi connectivity index (χ0) is 19.2. The molecule has 144 valence electrons. The Hall–Kier alpha value is -2.38. The van der Waals surface area contributed by atoms with Gasteiger partial charge in [0.25, 0.3) is 0 Å². The van der Waals surface area contributed by atoms with Gasteiger partial charge in [-0.05, 0) is 30.5 Å². The first-order valence-corrected chi connectivity index (χ1v) is 9.75. The third-order valence-corrected chi connectivity index (χ3v) is 5.39. The molecule has 2 aromatic rings.